The predicted molar refractivity (Wildman–Crippen MR) is 77.6 cm³/mol. The third-order valence-corrected chi connectivity index (χ3v) is 4.27. The van der Waals surface area contributed by atoms with E-state index in [2.05, 4.69) is 5.32 Å². The molecule has 0 bridgehead atoms. The number of hydrogen-bond acceptors (Lipinski definition) is 3. The number of carbonyl (C=O) groups is 1. The minimum absolute atomic E-state index is 0.0307. The number of thiophene rings is 1. The first kappa shape index (κ1) is 15.0. The Balaban J connectivity index is 2.10. The van der Waals surface area contributed by atoms with Gasteiger partial charge in [-0.2, -0.15) is 0 Å². The van der Waals surface area contributed by atoms with Crippen molar-refractivity contribution in [1.29, 1.82) is 0 Å². The maximum Gasteiger partial charge on any atom is 0.255 e. The smallest absolute Gasteiger partial charge is 0.255 e. The van der Waals surface area contributed by atoms with Crippen molar-refractivity contribution in [2.45, 2.75) is 12.5 Å². The van der Waals surface area contributed by atoms with E-state index in [0.717, 1.165) is 10.9 Å². The van der Waals surface area contributed by atoms with Gasteiger partial charge in [-0.3, -0.25) is 4.79 Å². The molecule has 0 fully saturated rings. The van der Waals surface area contributed by atoms with E-state index in [4.69, 9.17) is 11.6 Å². The van der Waals surface area contributed by atoms with Gasteiger partial charge >= 0.3 is 0 Å². The minimum Gasteiger partial charge on any atom is -0.383 e. The molecular formula is C14H13ClFNO2S. The van der Waals surface area contributed by atoms with E-state index in [1.54, 1.807) is 13.0 Å². The lowest BCUT2D eigenvalue weighted by molar-refractivity contribution is 0.0555. The maximum absolute atomic E-state index is 13.6. The van der Waals surface area contributed by atoms with Crippen LogP contribution in [0.15, 0.2) is 35.7 Å². The largest absolute Gasteiger partial charge is 0.383 e. The number of carbonyl (C=O) groups excluding carboxylic acids is 1. The van der Waals surface area contributed by atoms with Gasteiger partial charge in [0.1, 0.15) is 11.4 Å². The van der Waals surface area contributed by atoms with Crippen LogP contribution in [0.1, 0.15) is 22.2 Å². The molecule has 0 radical (unpaired) electrons. The molecule has 1 heterocycles. The molecule has 0 aliphatic carbocycles. The van der Waals surface area contributed by atoms with Crippen molar-refractivity contribution in [3.63, 3.8) is 0 Å². The van der Waals surface area contributed by atoms with Crippen molar-refractivity contribution in [2.75, 3.05) is 6.54 Å². The van der Waals surface area contributed by atoms with Crippen molar-refractivity contribution in [2.24, 2.45) is 0 Å². The van der Waals surface area contributed by atoms with Gasteiger partial charge in [0.2, 0.25) is 0 Å². The highest BCUT2D eigenvalue weighted by Gasteiger charge is 2.26. The Bertz CT molecular complexity index is 593. The van der Waals surface area contributed by atoms with Crippen LogP contribution in [0.4, 0.5) is 4.39 Å². The minimum atomic E-state index is -1.21. The zero-order valence-electron chi connectivity index (χ0n) is 10.7. The third kappa shape index (κ3) is 3.17. The Morgan fingerprint density at radius 1 is 1.45 bits per heavy atom. The monoisotopic (exact) mass is 313 g/mol. The zero-order chi connectivity index (χ0) is 14.8. The van der Waals surface area contributed by atoms with Crippen LogP contribution in [-0.4, -0.2) is 17.6 Å². The van der Waals surface area contributed by atoms with Gasteiger partial charge in [-0.1, -0.05) is 23.7 Å². The molecule has 1 aromatic heterocycles. The van der Waals surface area contributed by atoms with E-state index in [1.165, 1.54) is 23.5 Å². The highest BCUT2D eigenvalue weighted by atomic mass is 35.5. The lowest BCUT2D eigenvalue weighted by Gasteiger charge is -2.22. The summed E-state index contributed by atoms with van der Waals surface area (Å²) in [7, 11) is 0. The highest BCUT2D eigenvalue weighted by Crippen LogP contribution is 2.25. The van der Waals surface area contributed by atoms with Crippen LogP contribution in [-0.2, 0) is 5.60 Å². The quantitative estimate of drug-likeness (QED) is 0.911. The van der Waals surface area contributed by atoms with Gasteiger partial charge in [-0.05, 0) is 30.5 Å². The summed E-state index contributed by atoms with van der Waals surface area (Å²) in [6, 6.07) is 7.61. The Hall–Kier alpha value is -1.43. The molecule has 1 atom stereocenters. The third-order valence-electron chi connectivity index (χ3n) is 2.83. The number of rotatable bonds is 4. The Morgan fingerprint density at radius 3 is 2.80 bits per heavy atom. The Labute approximate surface area is 125 Å². The van der Waals surface area contributed by atoms with Crippen LogP contribution in [0, 0.1) is 5.82 Å². The Kier molecular flexibility index (Phi) is 4.42. The summed E-state index contributed by atoms with van der Waals surface area (Å²) in [5, 5.41) is 14.7. The first-order valence-electron chi connectivity index (χ1n) is 5.90. The van der Waals surface area contributed by atoms with E-state index < -0.39 is 17.3 Å². The molecule has 20 heavy (non-hydrogen) atoms. The van der Waals surface area contributed by atoms with Gasteiger partial charge in [-0.15, -0.1) is 11.3 Å². The summed E-state index contributed by atoms with van der Waals surface area (Å²) in [6.07, 6.45) is 0. The van der Waals surface area contributed by atoms with Gasteiger partial charge < -0.3 is 10.4 Å². The van der Waals surface area contributed by atoms with E-state index in [1.807, 2.05) is 11.4 Å². The normalized spacial score (nSPS) is 13.8. The SMILES string of the molecule is C[C@@](O)(CNC(=O)c1c(F)cccc1Cl)c1cccs1. The van der Waals surface area contributed by atoms with Gasteiger partial charge in [0.15, 0.2) is 0 Å². The van der Waals surface area contributed by atoms with Gasteiger partial charge in [-0.25, -0.2) is 4.39 Å². The number of nitrogens with one attached hydrogen (secondary N) is 1. The number of hydrogen-bond donors (Lipinski definition) is 2. The molecule has 1 aromatic carbocycles. The lowest BCUT2D eigenvalue weighted by atomic mass is 10.0. The van der Waals surface area contributed by atoms with Crippen LogP contribution in [0.25, 0.3) is 0 Å². The standard InChI is InChI=1S/C14H13ClFNO2S/c1-14(19,11-6-3-7-20-11)8-17-13(18)12-9(15)4-2-5-10(12)16/h2-7,19H,8H2,1H3,(H,17,18)/t14-/m1/s1. The van der Waals surface area contributed by atoms with E-state index in [0.29, 0.717) is 0 Å². The van der Waals surface area contributed by atoms with Crippen molar-refractivity contribution < 1.29 is 14.3 Å². The van der Waals surface area contributed by atoms with Crippen LogP contribution in [0.3, 0.4) is 0 Å². The van der Waals surface area contributed by atoms with E-state index in [-0.39, 0.29) is 17.1 Å². The molecular weight excluding hydrogens is 301 g/mol. The molecule has 0 aliphatic rings. The molecule has 1 amide bonds. The van der Waals surface area contributed by atoms with Gasteiger partial charge in [0.25, 0.3) is 5.91 Å². The first-order valence-corrected chi connectivity index (χ1v) is 7.16. The molecule has 6 heteroatoms. The second kappa shape index (κ2) is 5.91. The molecule has 2 aromatic rings. The maximum atomic E-state index is 13.6. The second-order valence-corrected chi connectivity index (χ2v) is 5.89. The fraction of sp³-hybridized carbons (Fsp3) is 0.214. The van der Waals surface area contributed by atoms with E-state index >= 15 is 0 Å². The number of benzene rings is 1. The lowest BCUT2D eigenvalue weighted by Crippen LogP contribution is -2.38. The fourth-order valence-corrected chi connectivity index (χ4v) is 2.76. The zero-order valence-corrected chi connectivity index (χ0v) is 12.3. The van der Waals surface area contributed by atoms with Crippen molar-refractivity contribution >= 4 is 28.8 Å². The molecule has 0 spiro atoms. The number of halogens is 2. The van der Waals surface area contributed by atoms with E-state index in [9.17, 15) is 14.3 Å². The number of amides is 1. The first-order chi connectivity index (χ1) is 9.42. The fourth-order valence-electron chi connectivity index (χ4n) is 1.73. The molecule has 2 rings (SSSR count). The topological polar surface area (TPSA) is 49.3 Å². The van der Waals surface area contributed by atoms with Gasteiger partial charge in [0.05, 0.1) is 17.1 Å². The van der Waals surface area contributed by atoms with Crippen LogP contribution >= 0.6 is 22.9 Å². The summed E-state index contributed by atoms with van der Waals surface area (Å²) < 4.78 is 13.6. The molecule has 3 nitrogen and oxygen atoms in total. The van der Waals surface area contributed by atoms with Crippen LogP contribution in [0.2, 0.25) is 5.02 Å². The van der Waals surface area contributed by atoms with Crippen molar-refractivity contribution in [1.82, 2.24) is 5.32 Å². The average molecular weight is 314 g/mol. The molecule has 2 N–H and O–H groups in total. The summed E-state index contributed by atoms with van der Waals surface area (Å²) >= 11 is 7.19. The van der Waals surface area contributed by atoms with Crippen LogP contribution in [0.5, 0.6) is 0 Å². The highest BCUT2D eigenvalue weighted by molar-refractivity contribution is 7.10. The summed E-state index contributed by atoms with van der Waals surface area (Å²) in [5.41, 5.74) is -1.42. The second-order valence-electron chi connectivity index (χ2n) is 4.53. The van der Waals surface area contributed by atoms with Crippen molar-refractivity contribution in [3.8, 4) is 0 Å². The molecule has 0 saturated heterocycles. The molecule has 0 aliphatic heterocycles. The summed E-state index contributed by atoms with van der Waals surface area (Å²) in [5.74, 6) is -1.34. The van der Waals surface area contributed by atoms with Crippen molar-refractivity contribution in [3.05, 3.63) is 57.0 Å². The van der Waals surface area contributed by atoms with Gasteiger partial charge in [0, 0.05) is 4.88 Å². The predicted octanol–water partition coefficient (Wildman–Crippen LogP) is 3.18. The summed E-state index contributed by atoms with van der Waals surface area (Å²) in [6.45, 7) is 1.55. The Morgan fingerprint density at radius 2 is 2.20 bits per heavy atom. The summed E-state index contributed by atoms with van der Waals surface area (Å²) in [4.78, 5) is 12.7. The average Bonchev–Trinajstić information content (AvgIpc) is 2.91. The molecule has 0 unspecified atom stereocenters. The van der Waals surface area contributed by atoms with Crippen LogP contribution < -0.4 is 5.32 Å². The molecule has 0 saturated carbocycles. The number of aliphatic hydroxyl groups is 1. The molecule has 106 valence electrons.